The second-order valence-corrected chi connectivity index (χ2v) is 8.83. The van der Waals surface area contributed by atoms with Gasteiger partial charge in [0.1, 0.15) is 0 Å². The van der Waals surface area contributed by atoms with Crippen LogP contribution in [0.2, 0.25) is 0 Å². The molecule has 1 aliphatic heterocycles. The lowest BCUT2D eigenvalue weighted by molar-refractivity contribution is -0.137. The van der Waals surface area contributed by atoms with Crippen molar-refractivity contribution in [1.82, 2.24) is 19.7 Å². The molecule has 0 saturated carbocycles. The number of carbonyl (C=O) groups is 1. The van der Waals surface area contributed by atoms with Gasteiger partial charge in [0.05, 0.1) is 11.3 Å². The van der Waals surface area contributed by atoms with Crippen molar-refractivity contribution in [2.45, 2.75) is 18.3 Å². The summed E-state index contributed by atoms with van der Waals surface area (Å²) in [5.41, 5.74) is 1.95. The molecule has 0 aliphatic carbocycles. The lowest BCUT2D eigenvalue weighted by Gasteiger charge is -2.36. The maximum Gasteiger partial charge on any atom is 0.416 e. The Kier molecular flexibility index (Phi) is 6.64. The summed E-state index contributed by atoms with van der Waals surface area (Å²) in [7, 11) is 1.88. The molecule has 0 N–H and O–H groups in total. The third-order valence-corrected chi connectivity index (χ3v) is 6.72. The molecule has 0 spiro atoms. The molecule has 1 amide bonds. The molecule has 10 heteroatoms. The standard InChI is InChI=1S/C23H24F3N5OS/c1-16-6-3-4-9-19(16)21-27-28-22(29(21)2)33-15-20(32)31-12-10-30(11-13-31)18-8-5-7-17(14-18)23(24,25)26/h3-9,14H,10-13,15H2,1-2H3. The highest BCUT2D eigenvalue weighted by atomic mass is 32.2. The number of rotatable bonds is 5. The van der Waals surface area contributed by atoms with Crippen LogP contribution in [-0.2, 0) is 18.0 Å². The zero-order valence-corrected chi connectivity index (χ0v) is 19.2. The Morgan fingerprint density at radius 1 is 1.03 bits per heavy atom. The van der Waals surface area contributed by atoms with Gasteiger partial charge in [-0.1, -0.05) is 42.1 Å². The van der Waals surface area contributed by atoms with E-state index in [0.717, 1.165) is 29.1 Å². The van der Waals surface area contributed by atoms with Crippen molar-refractivity contribution in [3.8, 4) is 11.4 Å². The summed E-state index contributed by atoms with van der Waals surface area (Å²) >= 11 is 1.33. The lowest BCUT2D eigenvalue weighted by Crippen LogP contribution is -2.49. The van der Waals surface area contributed by atoms with Gasteiger partial charge < -0.3 is 14.4 Å². The Morgan fingerprint density at radius 2 is 1.76 bits per heavy atom. The number of hydrogen-bond acceptors (Lipinski definition) is 5. The molecule has 174 valence electrons. The van der Waals surface area contributed by atoms with Crippen LogP contribution in [0.4, 0.5) is 18.9 Å². The number of carbonyl (C=O) groups excluding carboxylic acids is 1. The molecule has 33 heavy (non-hydrogen) atoms. The molecule has 3 aromatic rings. The highest BCUT2D eigenvalue weighted by Crippen LogP contribution is 2.32. The fourth-order valence-electron chi connectivity index (χ4n) is 3.81. The topological polar surface area (TPSA) is 54.3 Å². The minimum Gasteiger partial charge on any atom is -0.368 e. The van der Waals surface area contributed by atoms with Gasteiger partial charge in [-0.25, -0.2) is 0 Å². The summed E-state index contributed by atoms with van der Waals surface area (Å²) in [5, 5.41) is 9.18. The van der Waals surface area contributed by atoms with Crippen LogP contribution in [0.15, 0.2) is 53.7 Å². The number of hydrogen-bond donors (Lipinski definition) is 0. The maximum absolute atomic E-state index is 13.0. The first-order valence-electron chi connectivity index (χ1n) is 10.5. The second-order valence-electron chi connectivity index (χ2n) is 7.88. The van der Waals surface area contributed by atoms with Crippen LogP contribution in [-0.4, -0.2) is 57.5 Å². The monoisotopic (exact) mass is 475 g/mol. The summed E-state index contributed by atoms with van der Waals surface area (Å²) in [5.74, 6) is 0.949. The number of aromatic nitrogens is 3. The summed E-state index contributed by atoms with van der Waals surface area (Å²) in [6.07, 6.45) is -4.37. The van der Waals surface area contributed by atoms with Gasteiger partial charge in [0.2, 0.25) is 5.91 Å². The molecule has 2 heterocycles. The number of piperazine rings is 1. The van der Waals surface area contributed by atoms with E-state index in [2.05, 4.69) is 10.2 Å². The van der Waals surface area contributed by atoms with Crippen LogP contribution in [0.3, 0.4) is 0 Å². The van der Waals surface area contributed by atoms with Crippen LogP contribution in [0.1, 0.15) is 11.1 Å². The fraction of sp³-hybridized carbons (Fsp3) is 0.348. The van der Waals surface area contributed by atoms with Crippen molar-refractivity contribution in [3.05, 3.63) is 59.7 Å². The minimum absolute atomic E-state index is 0.0240. The van der Waals surface area contributed by atoms with Gasteiger partial charge in [-0.2, -0.15) is 13.2 Å². The third-order valence-electron chi connectivity index (χ3n) is 5.72. The molecule has 2 aromatic carbocycles. The molecule has 1 aliphatic rings. The first kappa shape index (κ1) is 23.2. The summed E-state index contributed by atoms with van der Waals surface area (Å²) in [6, 6.07) is 13.2. The summed E-state index contributed by atoms with van der Waals surface area (Å²) < 4.78 is 40.8. The van der Waals surface area contributed by atoms with Gasteiger partial charge in [-0.3, -0.25) is 4.79 Å². The van der Waals surface area contributed by atoms with E-state index in [0.29, 0.717) is 37.0 Å². The highest BCUT2D eigenvalue weighted by molar-refractivity contribution is 7.99. The molecule has 4 rings (SSSR count). The maximum atomic E-state index is 13.0. The Labute approximate surface area is 194 Å². The SMILES string of the molecule is Cc1ccccc1-c1nnc(SCC(=O)N2CCN(c3cccc(C(F)(F)F)c3)CC2)n1C. The summed E-state index contributed by atoms with van der Waals surface area (Å²) in [6.45, 7) is 3.91. The predicted octanol–water partition coefficient (Wildman–Crippen LogP) is 4.25. The van der Waals surface area contributed by atoms with Crippen molar-refractivity contribution < 1.29 is 18.0 Å². The molecular weight excluding hydrogens is 451 g/mol. The van der Waals surface area contributed by atoms with Gasteiger partial charge >= 0.3 is 6.18 Å². The smallest absolute Gasteiger partial charge is 0.368 e. The van der Waals surface area contributed by atoms with Crippen LogP contribution in [0, 0.1) is 6.92 Å². The van der Waals surface area contributed by atoms with E-state index >= 15 is 0 Å². The average Bonchev–Trinajstić information content (AvgIpc) is 3.17. The molecule has 1 fully saturated rings. The predicted molar refractivity (Wildman–Crippen MR) is 122 cm³/mol. The quantitative estimate of drug-likeness (QED) is 0.517. The Balaban J connectivity index is 1.33. The zero-order chi connectivity index (χ0) is 23.6. The van der Waals surface area contributed by atoms with Crippen molar-refractivity contribution in [1.29, 1.82) is 0 Å². The van der Waals surface area contributed by atoms with Crippen molar-refractivity contribution >= 4 is 23.4 Å². The van der Waals surface area contributed by atoms with Crippen LogP contribution in [0.5, 0.6) is 0 Å². The first-order chi connectivity index (χ1) is 15.7. The van der Waals surface area contributed by atoms with E-state index in [9.17, 15) is 18.0 Å². The number of amides is 1. The average molecular weight is 476 g/mol. The molecule has 0 atom stereocenters. The van der Waals surface area contributed by atoms with Crippen molar-refractivity contribution in [2.75, 3.05) is 36.8 Å². The molecule has 6 nitrogen and oxygen atoms in total. The Hall–Kier alpha value is -3.01. The third kappa shape index (κ3) is 5.16. The van der Waals surface area contributed by atoms with E-state index < -0.39 is 11.7 Å². The van der Waals surface area contributed by atoms with Gasteiger partial charge in [-0.05, 0) is 30.7 Å². The Morgan fingerprint density at radius 3 is 2.45 bits per heavy atom. The molecular formula is C23H24F3N5OS. The van der Waals surface area contributed by atoms with Crippen molar-refractivity contribution in [3.63, 3.8) is 0 Å². The van der Waals surface area contributed by atoms with Crippen LogP contribution >= 0.6 is 11.8 Å². The van der Waals surface area contributed by atoms with Crippen LogP contribution < -0.4 is 4.90 Å². The van der Waals surface area contributed by atoms with E-state index in [1.807, 2.05) is 47.7 Å². The minimum atomic E-state index is -4.37. The number of aryl methyl sites for hydroxylation is 1. The number of anilines is 1. The zero-order valence-electron chi connectivity index (χ0n) is 18.3. The van der Waals surface area contributed by atoms with Gasteiger partial charge in [0, 0.05) is 44.5 Å². The lowest BCUT2D eigenvalue weighted by atomic mass is 10.1. The first-order valence-corrected chi connectivity index (χ1v) is 11.5. The van der Waals surface area contributed by atoms with Gasteiger partial charge in [0.25, 0.3) is 0 Å². The van der Waals surface area contributed by atoms with Gasteiger partial charge in [0.15, 0.2) is 11.0 Å². The molecule has 0 bridgehead atoms. The van der Waals surface area contributed by atoms with Gasteiger partial charge in [-0.15, -0.1) is 10.2 Å². The Bertz CT molecular complexity index is 1140. The largest absolute Gasteiger partial charge is 0.416 e. The van der Waals surface area contributed by atoms with Crippen LogP contribution in [0.25, 0.3) is 11.4 Å². The van der Waals surface area contributed by atoms with E-state index in [-0.39, 0.29) is 11.7 Å². The van der Waals surface area contributed by atoms with E-state index in [4.69, 9.17) is 0 Å². The second kappa shape index (κ2) is 9.46. The number of benzene rings is 2. The fourth-order valence-corrected chi connectivity index (χ4v) is 4.62. The number of halogens is 3. The van der Waals surface area contributed by atoms with E-state index in [1.54, 1.807) is 11.0 Å². The highest BCUT2D eigenvalue weighted by Gasteiger charge is 2.31. The summed E-state index contributed by atoms with van der Waals surface area (Å²) in [4.78, 5) is 16.3. The molecule has 0 radical (unpaired) electrons. The number of nitrogens with zero attached hydrogens (tertiary/aromatic N) is 5. The normalized spacial score (nSPS) is 14.6. The number of alkyl halides is 3. The number of thioether (sulfide) groups is 1. The molecule has 1 aromatic heterocycles. The van der Waals surface area contributed by atoms with E-state index in [1.165, 1.54) is 17.8 Å². The molecule has 1 saturated heterocycles. The van der Waals surface area contributed by atoms with Crippen molar-refractivity contribution in [2.24, 2.45) is 7.05 Å². The molecule has 0 unspecified atom stereocenters.